The number of hydrogen-bond acceptors (Lipinski definition) is 0. The molecule has 0 bridgehead atoms. The summed E-state index contributed by atoms with van der Waals surface area (Å²) in [7, 11) is 0. The van der Waals surface area contributed by atoms with Crippen LogP contribution in [-0.4, -0.2) is 0 Å². The molecule has 0 unspecified atom stereocenters. The van der Waals surface area contributed by atoms with Crippen LogP contribution in [0.15, 0.2) is 12.2 Å². The topological polar surface area (TPSA) is 0 Å². The predicted octanol–water partition coefficient (Wildman–Crippen LogP) is 2.22. The van der Waals surface area contributed by atoms with Crippen LogP contribution in [0.2, 0.25) is 0 Å². The van der Waals surface area contributed by atoms with Gasteiger partial charge in [-0.3, -0.25) is 0 Å². The lowest BCUT2D eigenvalue weighted by Gasteiger charge is -1.97. The summed E-state index contributed by atoms with van der Waals surface area (Å²) in [6.45, 7) is 4.53. The molecule has 0 aromatic carbocycles. The molecule has 0 radical (unpaired) electrons. The largest absolute Gasteiger partial charge is 0.0854 e. The summed E-state index contributed by atoms with van der Waals surface area (Å²) >= 11 is 0. The minimum Gasteiger partial charge on any atom is -0.0854 e. The minimum absolute atomic E-state index is 0.843. The van der Waals surface area contributed by atoms with Gasteiger partial charge in [-0.1, -0.05) is 26.0 Å². The van der Waals surface area contributed by atoms with Crippen LogP contribution in [0.1, 0.15) is 20.3 Å². The van der Waals surface area contributed by atoms with Crippen molar-refractivity contribution >= 4 is 0 Å². The third-order valence-corrected chi connectivity index (χ3v) is 1.51. The maximum absolute atomic E-state index is 2.30. The first-order valence-electron chi connectivity index (χ1n) is 2.97. The van der Waals surface area contributed by atoms with Gasteiger partial charge in [0.1, 0.15) is 0 Å². The number of hydrogen-bond donors (Lipinski definition) is 0. The molecule has 40 valence electrons. The fourth-order valence-corrected chi connectivity index (χ4v) is 1.12. The van der Waals surface area contributed by atoms with Crippen LogP contribution in [0.4, 0.5) is 0 Å². The normalized spacial score (nSPS) is 39.7. The fraction of sp³-hybridized carbons (Fsp3) is 0.714. The second kappa shape index (κ2) is 1.69. The van der Waals surface area contributed by atoms with Crippen LogP contribution in [0.3, 0.4) is 0 Å². The quantitative estimate of drug-likeness (QED) is 0.406. The van der Waals surface area contributed by atoms with E-state index in [1.807, 2.05) is 0 Å². The van der Waals surface area contributed by atoms with Crippen molar-refractivity contribution in [3.05, 3.63) is 12.2 Å². The van der Waals surface area contributed by atoms with E-state index in [4.69, 9.17) is 0 Å². The standard InChI is InChI=1S/C7H12/c1-6-3-4-7(2)5-6/h3-4,6-7H,5H2,1-2H3/t6-,7+. The van der Waals surface area contributed by atoms with Gasteiger partial charge in [0.15, 0.2) is 0 Å². The summed E-state index contributed by atoms with van der Waals surface area (Å²) in [5, 5.41) is 0. The van der Waals surface area contributed by atoms with E-state index in [1.165, 1.54) is 6.42 Å². The molecule has 0 N–H and O–H groups in total. The molecule has 0 aliphatic heterocycles. The van der Waals surface area contributed by atoms with Gasteiger partial charge in [0, 0.05) is 0 Å². The average molecular weight is 96.2 g/mol. The molecule has 1 rings (SSSR count). The molecule has 0 spiro atoms. The molecule has 0 saturated carbocycles. The van der Waals surface area contributed by atoms with E-state index < -0.39 is 0 Å². The molecular weight excluding hydrogens is 84.1 g/mol. The molecular formula is C7H12. The summed E-state index contributed by atoms with van der Waals surface area (Å²) in [6.07, 6.45) is 5.95. The highest BCUT2D eigenvalue weighted by atomic mass is 14.1. The van der Waals surface area contributed by atoms with Crippen molar-refractivity contribution in [2.45, 2.75) is 20.3 Å². The molecule has 0 heterocycles. The Hall–Kier alpha value is -0.260. The van der Waals surface area contributed by atoms with Gasteiger partial charge in [0.2, 0.25) is 0 Å². The van der Waals surface area contributed by atoms with Gasteiger partial charge in [-0.05, 0) is 18.3 Å². The van der Waals surface area contributed by atoms with Crippen molar-refractivity contribution in [1.82, 2.24) is 0 Å². The van der Waals surface area contributed by atoms with Crippen LogP contribution < -0.4 is 0 Å². The van der Waals surface area contributed by atoms with Crippen molar-refractivity contribution in [1.29, 1.82) is 0 Å². The molecule has 0 amide bonds. The van der Waals surface area contributed by atoms with Crippen LogP contribution in [-0.2, 0) is 0 Å². The van der Waals surface area contributed by atoms with E-state index >= 15 is 0 Å². The lowest BCUT2D eigenvalue weighted by atomic mass is 10.1. The Labute approximate surface area is 45.2 Å². The Morgan fingerprint density at radius 2 is 1.57 bits per heavy atom. The van der Waals surface area contributed by atoms with Gasteiger partial charge in [0.25, 0.3) is 0 Å². The number of rotatable bonds is 0. The van der Waals surface area contributed by atoms with Gasteiger partial charge in [-0.15, -0.1) is 0 Å². The van der Waals surface area contributed by atoms with Crippen molar-refractivity contribution in [3.8, 4) is 0 Å². The second-order valence-electron chi connectivity index (χ2n) is 2.58. The maximum Gasteiger partial charge on any atom is -0.0256 e. The van der Waals surface area contributed by atoms with E-state index in [0.29, 0.717) is 0 Å². The second-order valence-corrected chi connectivity index (χ2v) is 2.58. The molecule has 0 fully saturated rings. The van der Waals surface area contributed by atoms with Gasteiger partial charge in [0.05, 0.1) is 0 Å². The lowest BCUT2D eigenvalue weighted by Crippen LogP contribution is -1.86. The SMILES string of the molecule is C[C@@H]1C=C[C@H](C)C1. The van der Waals surface area contributed by atoms with Crippen molar-refractivity contribution in [2.24, 2.45) is 11.8 Å². The number of allylic oxidation sites excluding steroid dienone is 2. The van der Waals surface area contributed by atoms with E-state index in [9.17, 15) is 0 Å². The average Bonchev–Trinajstić information content (AvgIpc) is 1.87. The third-order valence-electron chi connectivity index (χ3n) is 1.51. The van der Waals surface area contributed by atoms with Crippen molar-refractivity contribution in [2.75, 3.05) is 0 Å². The van der Waals surface area contributed by atoms with Crippen LogP contribution >= 0.6 is 0 Å². The molecule has 2 atom stereocenters. The summed E-state index contributed by atoms with van der Waals surface area (Å²) in [5.74, 6) is 1.69. The summed E-state index contributed by atoms with van der Waals surface area (Å²) < 4.78 is 0. The van der Waals surface area contributed by atoms with Crippen LogP contribution in [0.5, 0.6) is 0 Å². The van der Waals surface area contributed by atoms with Gasteiger partial charge in [-0.25, -0.2) is 0 Å². The van der Waals surface area contributed by atoms with E-state index in [2.05, 4.69) is 26.0 Å². The zero-order chi connectivity index (χ0) is 5.28. The Kier molecular flexibility index (Phi) is 1.18. The highest BCUT2D eigenvalue weighted by Crippen LogP contribution is 2.21. The van der Waals surface area contributed by atoms with E-state index in [0.717, 1.165) is 11.8 Å². The molecule has 0 saturated heterocycles. The van der Waals surface area contributed by atoms with Crippen LogP contribution in [0, 0.1) is 11.8 Å². The van der Waals surface area contributed by atoms with Crippen molar-refractivity contribution in [3.63, 3.8) is 0 Å². The first-order chi connectivity index (χ1) is 3.29. The molecule has 1 aliphatic rings. The van der Waals surface area contributed by atoms with E-state index in [1.54, 1.807) is 0 Å². The summed E-state index contributed by atoms with van der Waals surface area (Å²) in [5.41, 5.74) is 0. The maximum atomic E-state index is 2.30. The predicted molar refractivity (Wildman–Crippen MR) is 32.1 cm³/mol. The first kappa shape index (κ1) is 4.89. The zero-order valence-electron chi connectivity index (χ0n) is 5.02. The molecule has 0 heteroatoms. The molecule has 7 heavy (non-hydrogen) atoms. The Morgan fingerprint density at radius 3 is 1.71 bits per heavy atom. The van der Waals surface area contributed by atoms with Crippen molar-refractivity contribution < 1.29 is 0 Å². The first-order valence-corrected chi connectivity index (χ1v) is 2.97. The molecule has 0 nitrogen and oxygen atoms in total. The fourth-order valence-electron chi connectivity index (χ4n) is 1.12. The van der Waals surface area contributed by atoms with E-state index in [-0.39, 0.29) is 0 Å². The lowest BCUT2D eigenvalue weighted by molar-refractivity contribution is 0.591. The summed E-state index contributed by atoms with van der Waals surface area (Å²) in [6, 6.07) is 0. The highest BCUT2D eigenvalue weighted by molar-refractivity contribution is 4.98. The Morgan fingerprint density at radius 1 is 1.14 bits per heavy atom. The molecule has 0 aromatic heterocycles. The Bertz CT molecular complexity index is 72.0. The molecule has 0 aromatic rings. The smallest absolute Gasteiger partial charge is 0.0256 e. The zero-order valence-corrected chi connectivity index (χ0v) is 5.02. The summed E-state index contributed by atoms with van der Waals surface area (Å²) in [4.78, 5) is 0. The Balaban J connectivity index is 2.42. The van der Waals surface area contributed by atoms with Crippen LogP contribution in [0.25, 0.3) is 0 Å². The minimum atomic E-state index is 0.843. The van der Waals surface area contributed by atoms with Gasteiger partial charge >= 0.3 is 0 Å². The van der Waals surface area contributed by atoms with Gasteiger partial charge < -0.3 is 0 Å². The highest BCUT2D eigenvalue weighted by Gasteiger charge is 2.08. The monoisotopic (exact) mass is 96.1 g/mol. The third kappa shape index (κ3) is 1.05. The van der Waals surface area contributed by atoms with Gasteiger partial charge in [-0.2, -0.15) is 0 Å². The molecule has 1 aliphatic carbocycles.